The lowest BCUT2D eigenvalue weighted by Gasteiger charge is -2.26. The monoisotopic (exact) mass is 399 g/mol. The molecule has 0 saturated carbocycles. The average molecular weight is 399 g/mol. The van der Waals surface area contributed by atoms with Gasteiger partial charge in [-0.25, -0.2) is 4.39 Å². The number of rotatable bonds is 4. The van der Waals surface area contributed by atoms with Crippen LogP contribution in [-0.2, 0) is 0 Å². The molecular weight excluding hydrogens is 381 g/mol. The van der Waals surface area contributed by atoms with Gasteiger partial charge in [-0.1, -0.05) is 36.4 Å². The Morgan fingerprint density at radius 2 is 1.67 bits per heavy atom. The predicted octanol–water partition coefficient (Wildman–Crippen LogP) is 4.97. The number of H-pyrrole nitrogens is 1. The summed E-state index contributed by atoms with van der Waals surface area (Å²) in [5.41, 5.74) is 3.59. The van der Waals surface area contributed by atoms with E-state index in [1.54, 1.807) is 30.2 Å². The Balaban J connectivity index is 1.72. The van der Waals surface area contributed by atoms with Gasteiger partial charge >= 0.3 is 0 Å². The van der Waals surface area contributed by atoms with E-state index in [0.29, 0.717) is 28.2 Å². The Hall–Kier alpha value is -3.93. The van der Waals surface area contributed by atoms with Crippen molar-refractivity contribution in [3.8, 4) is 17.0 Å². The van der Waals surface area contributed by atoms with Gasteiger partial charge in [0.15, 0.2) is 0 Å². The van der Waals surface area contributed by atoms with Crippen LogP contribution in [0.2, 0.25) is 0 Å². The number of benzene rings is 3. The number of carbonyl (C=O) groups excluding carboxylic acids is 1. The van der Waals surface area contributed by atoms with Crippen LogP contribution in [-0.4, -0.2) is 23.2 Å². The normalized spacial score (nSPS) is 15.3. The summed E-state index contributed by atoms with van der Waals surface area (Å²) in [7, 11) is 1.60. The van der Waals surface area contributed by atoms with E-state index in [4.69, 9.17) is 4.74 Å². The highest BCUT2D eigenvalue weighted by Gasteiger charge is 2.43. The zero-order valence-electron chi connectivity index (χ0n) is 16.2. The van der Waals surface area contributed by atoms with Crippen LogP contribution in [0.1, 0.15) is 27.7 Å². The number of aromatic amines is 1. The molecule has 1 aliphatic rings. The van der Waals surface area contributed by atoms with Crippen molar-refractivity contribution in [1.29, 1.82) is 0 Å². The third kappa shape index (κ3) is 2.76. The molecule has 0 aliphatic carbocycles. The fourth-order valence-corrected chi connectivity index (χ4v) is 3.96. The first-order valence-corrected chi connectivity index (χ1v) is 9.54. The van der Waals surface area contributed by atoms with E-state index in [0.717, 1.165) is 11.3 Å². The molecule has 148 valence electrons. The molecule has 1 aromatic heterocycles. The van der Waals surface area contributed by atoms with Crippen molar-refractivity contribution in [3.63, 3.8) is 0 Å². The molecule has 30 heavy (non-hydrogen) atoms. The van der Waals surface area contributed by atoms with E-state index in [1.165, 1.54) is 6.07 Å². The number of hydrogen-bond acceptors (Lipinski definition) is 3. The topological polar surface area (TPSA) is 58.2 Å². The highest BCUT2D eigenvalue weighted by atomic mass is 19.1. The molecule has 0 fully saturated rings. The van der Waals surface area contributed by atoms with Gasteiger partial charge in [-0.3, -0.25) is 14.8 Å². The fourth-order valence-electron chi connectivity index (χ4n) is 3.96. The summed E-state index contributed by atoms with van der Waals surface area (Å²) < 4.78 is 20.1. The van der Waals surface area contributed by atoms with E-state index >= 15 is 0 Å². The molecule has 5 rings (SSSR count). The Morgan fingerprint density at radius 1 is 0.967 bits per heavy atom. The van der Waals surface area contributed by atoms with Gasteiger partial charge in [0.25, 0.3) is 5.91 Å². The molecule has 6 heteroatoms. The molecule has 2 heterocycles. The molecule has 4 aromatic rings. The highest BCUT2D eigenvalue weighted by molar-refractivity contribution is 6.11. The summed E-state index contributed by atoms with van der Waals surface area (Å²) in [6.45, 7) is 0. The number of nitrogens with one attached hydrogen (secondary N) is 1. The van der Waals surface area contributed by atoms with Gasteiger partial charge in [-0.05, 0) is 42.5 Å². The van der Waals surface area contributed by atoms with Gasteiger partial charge in [-0.15, -0.1) is 0 Å². The van der Waals surface area contributed by atoms with Crippen LogP contribution in [0.4, 0.5) is 10.1 Å². The van der Waals surface area contributed by atoms with Gasteiger partial charge in [0.05, 0.1) is 18.8 Å². The standard InChI is InChI=1S/C24H18FN3O2/c1-30-17-13-11-15(12-14-17)21-20-22(27-26-21)24(29)28(16-7-3-2-4-8-16)23(20)18-9-5-6-10-19(18)25/h2-14,23H,1H3,(H,26,27)/t23-/m1/s1. The summed E-state index contributed by atoms with van der Waals surface area (Å²) in [6, 6.07) is 22.6. The summed E-state index contributed by atoms with van der Waals surface area (Å²) >= 11 is 0. The quantitative estimate of drug-likeness (QED) is 0.527. The van der Waals surface area contributed by atoms with Crippen LogP contribution in [0.5, 0.6) is 5.75 Å². The lowest BCUT2D eigenvalue weighted by atomic mass is 9.95. The molecule has 0 unspecified atom stereocenters. The third-order valence-corrected chi connectivity index (χ3v) is 5.37. The maximum Gasteiger partial charge on any atom is 0.277 e. The van der Waals surface area contributed by atoms with Crippen molar-refractivity contribution in [2.24, 2.45) is 0 Å². The molecule has 0 spiro atoms. The van der Waals surface area contributed by atoms with Crippen LogP contribution < -0.4 is 9.64 Å². The summed E-state index contributed by atoms with van der Waals surface area (Å²) in [4.78, 5) is 15.0. The lowest BCUT2D eigenvalue weighted by Crippen LogP contribution is -2.29. The minimum atomic E-state index is -0.632. The van der Waals surface area contributed by atoms with Crippen LogP contribution in [0.3, 0.4) is 0 Å². The van der Waals surface area contributed by atoms with Crippen molar-refractivity contribution in [3.05, 3.63) is 102 Å². The molecular formula is C24H18FN3O2. The number of carbonyl (C=O) groups is 1. The SMILES string of the molecule is COc1ccc(-c2n[nH]c3c2[C@@H](c2ccccc2F)N(c2ccccc2)C3=O)cc1. The third-order valence-electron chi connectivity index (χ3n) is 5.37. The second-order valence-corrected chi connectivity index (χ2v) is 7.02. The van der Waals surface area contributed by atoms with Crippen molar-refractivity contribution < 1.29 is 13.9 Å². The molecule has 0 radical (unpaired) electrons. The first kappa shape index (κ1) is 18.1. The number of amides is 1. The average Bonchev–Trinajstić information content (AvgIpc) is 3.34. The predicted molar refractivity (Wildman–Crippen MR) is 112 cm³/mol. The summed E-state index contributed by atoms with van der Waals surface area (Å²) in [6.07, 6.45) is 0. The molecule has 1 atom stereocenters. The first-order valence-electron chi connectivity index (χ1n) is 9.54. The van der Waals surface area contributed by atoms with E-state index in [-0.39, 0.29) is 11.7 Å². The zero-order chi connectivity index (χ0) is 20.7. The molecule has 1 aliphatic heterocycles. The van der Waals surface area contributed by atoms with Gasteiger partial charge in [0, 0.05) is 22.4 Å². The molecule has 5 nitrogen and oxygen atoms in total. The van der Waals surface area contributed by atoms with Crippen molar-refractivity contribution in [2.75, 3.05) is 12.0 Å². The van der Waals surface area contributed by atoms with Crippen LogP contribution in [0.15, 0.2) is 78.9 Å². The van der Waals surface area contributed by atoms with Crippen molar-refractivity contribution >= 4 is 11.6 Å². The maximum absolute atomic E-state index is 14.9. The number of halogens is 1. The number of para-hydroxylation sites is 1. The second kappa shape index (κ2) is 7.15. The van der Waals surface area contributed by atoms with Crippen LogP contribution in [0.25, 0.3) is 11.3 Å². The van der Waals surface area contributed by atoms with Crippen LogP contribution >= 0.6 is 0 Å². The minimum Gasteiger partial charge on any atom is -0.497 e. The fraction of sp³-hybridized carbons (Fsp3) is 0.0833. The summed E-state index contributed by atoms with van der Waals surface area (Å²) in [5.74, 6) is 0.112. The number of nitrogens with zero attached hydrogens (tertiary/aromatic N) is 2. The second-order valence-electron chi connectivity index (χ2n) is 7.02. The van der Waals surface area contributed by atoms with E-state index in [9.17, 15) is 9.18 Å². The minimum absolute atomic E-state index is 0.239. The first-order chi connectivity index (χ1) is 14.7. The Kier molecular flexibility index (Phi) is 4.32. The van der Waals surface area contributed by atoms with Gasteiger partial charge < -0.3 is 4.74 Å². The Morgan fingerprint density at radius 3 is 2.37 bits per heavy atom. The Bertz CT molecular complexity index is 1220. The zero-order valence-corrected chi connectivity index (χ0v) is 16.2. The molecule has 0 saturated heterocycles. The summed E-state index contributed by atoms with van der Waals surface area (Å²) in [5, 5.41) is 7.30. The number of aromatic nitrogens is 2. The molecule has 0 bridgehead atoms. The van der Waals surface area contributed by atoms with Gasteiger partial charge in [0.1, 0.15) is 17.3 Å². The Labute approximate surface area is 172 Å². The number of anilines is 1. The van der Waals surface area contributed by atoms with Crippen molar-refractivity contribution in [1.82, 2.24) is 10.2 Å². The smallest absolute Gasteiger partial charge is 0.277 e. The number of ether oxygens (including phenoxy) is 1. The maximum atomic E-state index is 14.9. The van der Waals surface area contributed by atoms with Crippen molar-refractivity contribution in [2.45, 2.75) is 6.04 Å². The molecule has 1 N–H and O–H groups in total. The lowest BCUT2D eigenvalue weighted by molar-refractivity contribution is 0.0988. The number of hydrogen-bond donors (Lipinski definition) is 1. The van der Waals surface area contributed by atoms with Gasteiger partial charge in [0.2, 0.25) is 0 Å². The van der Waals surface area contributed by atoms with E-state index in [2.05, 4.69) is 10.2 Å². The molecule has 3 aromatic carbocycles. The van der Waals surface area contributed by atoms with E-state index < -0.39 is 6.04 Å². The molecule has 1 amide bonds. The van der Waals surface area contributed by atoms with Gasteiger partial charge in [-0.2, -0.15) is 5.10 Å². The number of methoxy groups -OCH3 is 1. The van der Waals surface area contributed by atoms with E-state index in [1.807, 2.05) is 54.6 Å². The highest BCUT2D eigenvalue weighted by Crippen LogP contribution is 2.45. The van der Waals surface area contributed by atoms with Crippen LogP contribution in [0, 0.1) is 5.82 Å². The number of fused-ring (bicyclic) bond motifs is 1. The largest absolute Gasteiger partial charge is 0.497 e.